The van der Waals surface area contributed by atoms with Crippen molar-refractivity contribution in [2.45, 2.75) is 50.2 Å². The SMILES string of the molecule is O=C(CC1(O)CCCCC1)NCC(O)c1ccc(Cl)cc1. The molecule has 4 nitrogen and oxygen atoms in total. The highest BCUT2D eigenvalue weighted by Gasteiger charge is 2.31. The highest BCUT2D eigenvalue weighted by Crippen LogP contribution is 2.30. The summed E-state index contributed by atoms with van der Waals surface area (Å²) in [5.74, 6) is -0.215. The zero-order valence-corrected chi connectivity index (χ0v) is 12.8. The minimum Gasteiger partial charge on any atom is -0.389 e. The topological polar surface area (TPSA) is 69.6 Å². The lowest BCUT2D eigenvalue weighted by Crippen LogP contribution is -2.39. The van der Waals surface area contributed by atoms with Crippen LogP contribution in [0.5, 0.6) is 0 Å². The van der Waals surface area contributed by atoms with Gasteiger partial charge in [0.1, 0.15) is 0 Å². The lowest BCUT2D eigenvalue weighted by molar-refractivity contribution is -0.127. The van der Waals surface area contributed by atoms with E-state index in [2.05, 4.69) is 5.32 Å². The van der Waals surface area contributed by atoms with Crippen molar-refractivity contribution in [3.05, 3.63) is 34.9 Å². The van der Waals surface area contributed by atoms with Crippen molar-refractivity contribution in [3.63, 3.8) is 0 Å². The van der Waals surface area contributed by atoms with Gasteiger partial charge in [0.05, 0.1) is 18.1 Å². The molecule has 0 saturated heterocycles. The Morgan fingerprint density at radius 3 is 2.48 bits per heavy atom. The van der Waals surface area contributed by atoms with E-state index in [1.54, 1.807) is 24.3 Å². The van der Waals surface area contributed by atoms with Gasteiger partial charge in [-0.2, -0.15) is 0 Å². The number of hydrogen-bond donors (Lipinski definition) is 3. The van der Waals surface area contributed by atoms with Crippen molar-refractivity contribution in [2.75, 3.05) is 6.54 Å². The third-order valence-corrected chi connectivity index (χ3v) is 4.27. The molecule has 0 aliphatic heterocycles. The highest BCUT2D eigenvalue weighted by molar-refractivity contribution is 6.30. The van der Waals surface area contributed by atoms with Crippen molar-refractivity contribution in [1.29, 1.82) is 0 Å². The second-order valence-corrected chi connectivity index (χ2v) is 6.27. The van der Waals surface area contributed by atoms with Crippen molar-refractivity contribution in [3.8, 4) is 0 Å². The molecule has 2 rings (SSSR count). The fourth-order valence-corrected chi connectivity index (χ4v) is 2.89. The van der Waals surface area contributed by atoms with Crippen LogP contribution >= 0.6 is 11.6 Å². The first-order valence-corrected chi connectivity index (χ1v) is 7.79. The van der Waals surface area contributed by atoms with E-state index in [4.69, 9.17) is 11.6 Å². The number of halogens is 1. The summed E-state index contributed by atoms with van der Waals surface area (Å²) in [6, 6.07) is 6.86. The van der Waals surface area contributed by atoms with E-state index in [0.29, 0.717) is 23.4 Å². The molecule has 1 unspecified atom stereocenters. The maximum atomic E-state index is 11.9. The number of hydrogen-bond acceptors (Lipinski definition) is 3. The van der Waals surface area contributed by atoms with E-state index in [1.165, 1.54) is 0 Å². The van der Waals surface area contributed by atoms with Gasteiger partial charge >= 0.3 is 0 Å². The molecule has 0 spiro atoms. The van der Waals surface area contributed by atoms with Crippen LogP contribution in [-0.4, -0.2) is 28.3 Å². The number of amides is 1. The number of rotatable bonds is 5. The number of benzene rings is 1. The molecule has 3 N–H and O–H groups in total. The summed E-state index contributed by atoms with van der Waals surface area (Å²) in [6.45, 7) is 0.135. The second kappa shape index (κ2) is 7.25. The van der Waals surface area contributed by atoms with Crippen LogP contribution in [0.1, 0.15) is 50.2 Å². The highest BCUT2D eigenvalue weighted by atomic mass is 35.5. The summed E-state index contributed by atoms with van der Waals surface area (Å²) >= 11 is 5.79. The van der Waals surface area contributed by atoms with Crippen molar-refractivity contribution in [2.24, 2.45) is 0 Å². The van der Waals surface area contributed by atoms with Gasteiger partial charge in [0.2, 0.25) is 5.91 Å². The van der Waals surface area contributed by atoms with Crippen molar-refractivity contribution >= 4 is 17.5 Å². The Bertz CT molecular complexity index is 469. The summed E-state index contributed by atoms with van der Waals surface area (Å²) in [4.78, 5) is 11.9. The maximum absolute atomic E-state index is 11.9. The van der Waals surface area contributed by atoms with Gasteiger partial charge < -0.3 is 15.5 Å². The number of nitrogens with one attached hydrogen (secondary N) is 1. The first kappa shape index (κ1) is 16.3. The van der Waals surface area contributed by atoms with E-state index in [9.17, 15) is 15.0 Å². The Hall–Kier alpha value is -1.10. The first-order valence-electron chi connectivity index (χ1n) is 7.41. The molecule has 1 aliphatic rings. The van der Waals surface area contributed by atoms with Crippen LogP contribution in [0.4, 0.5) is 0 Å². The van der Waals surface area contributed by atoms with E-state index in [1.807, 2.05) is 0 Å². The van der Waals surface area contributed by atoms with Gasteiger partial charge in [-0.05, 0) is 30.5 Å². The molecule has 1 amide bonds. The number of carbonyl (C=O) groups is 1. The zero-order valence-electron chi connectivity index (χ0n) is 12.0. The van der Waals surface area contributed by atoms with Crippen LogP contribution in [0, 0.1) is 0 Å². The minimum atomic E-state index is -0.868. The van der Waals surface area contributed by atoms with Crippen LogP contribution in [0.15, 0.2) is 24.3 Å². The van der Waals surface area contributed by atoms with E-state index >= 15 is 0 Å². The fraction of sp³-hybridized carbons (Fsp3) is 0.562. The molecule has 1 fully saturated rings. The third-order valence-electron chi connectivity index (χ3n) is 4.02. The summed E-state index contributed by atoms with van der Waals surface area (Å²) in [5.41, 5.74) is -0.163. The van der Waals surface area contributed by atoms with Gasteiger partial charge in [0.25, 0.3) is 0 Å². The molecule has 1 aliphatic carbocycles. The standard InChI is InChI=1S/C16H22ClNO3/c17-13-6-4-12(5-7-13)14(19)11-18-15(20)10-16(21)8-2-1-3-9-16/h4-7,14,19,21H,1-3,8-11H2,(H,18,20). The van der Waals surface area contributed by atoms with E-state index in [0.717, 1.165) is 19.3 Å². The molecular weight excluding hydrogens is 290 g/mol. The molecule has 0 radical (unpaired) electrons. The number of carbonyl (C=O) groups excluding carboxylic acids is 1. The Kier molecular flexibility index (Phi) is 5.62. The van der Waals surface area contributed by atoms with Gasteiger partial charge in [0.15, 0.2) is 0 Å². The van der Waals surface area contributed by atoms with Crippen molar-refractivity contribution in [1.82, 2.24) is 5.32 Å². The molecule has 21 heavy (non-hydrogen) atoms. The summed E-state index contributed by atoms with van der Waals surface area (Å²) in [5, 5.41) is 23.6. The smallest absolute Gasteiger partial charge is 0.222 e. The summed E-state index contributed by atoms with van der Waals surface area (Å²) < 4.78 is 0. The predicted octanol–water partition coefficient (Wildman–Crippen LogP) is 2.57. The largest absolute Gasteiger partial charge is 0.389 e. The molecule has 1 aromatic rings. The Morgan fingerprint density at radius 2 is 1.86 bits per heavy atom. The Balaban J connectivity index is 1.79. The first-order chi connectivity index (χ1) is 9.98. The lowest BCUT2D eigenvalue weighted by atomic mass is 9.82. The lowest BCUT2D eigenvalue weighted by Gasteiger charge is -2.31. The molecule has 1 atom stereocenters. The fourth-order valence-electron chi connectivity index (χ4n) is 2.76. The monoisotopic (exact) mass is 311 g/mol. The molecule has 116 valence electrons. The maximum Gasteiger partial charge on any atom is 0.222 e. The second-order valence-electron chi connectivity index (χ2n) is 5.83. The average Bonchev–Trinajstić information content (AvgIpc) is 2.46. The van der Waals surface area contributed by atoms with E-state index < -0.39 is 11.7 Å². The molecule has 0 bridgehead atoms. The normalized spacial score (nSPS) is 19.0. The Morgan fingerprint density at radius 1 is 1.24 bits per heavy atom. The van der Waals surface area contributed by atoms with Gasteiger partial charge in [-0.3, -0.25) is 4.79 Å². The van der Waals surface area contributed by atoms with Gasteiger partial charge in [0, 0.05) is 11.6 Å². The van der Waals surface area contributed by atoms with Crippen LogP contribution in [0.2, 0.25) is 5.02 Å². The van der Waals surface area contributed by atoms with Gasteiger partial charge in [-0.15, -0.1) is 0 Å². The quantitative estimate of drug-likeness (QED) is 0.783. The summed E-state index contributed by atoms with van der Waals surface area (Å²) in [6.07, 6.45) is 3.76. The van der Waals surface area contributed by atoms with Gasteiger partial charge in [-0.1, -0.05) is 43.0 Å². The van der Waals surface area contributed by atoms with Crippen LogP contribution in [0.3, 0.4) is 0 Å². The van der Waals surface area contributed by atoms with Crippen LogP contribution in [0.25, 0.3) is 0 Å². The minimum absolute atomic E-state index is 0.111. The average molecular weight is 312 g/mol. The molecule has 1 saturated carbocycles. The van der Waals surface area contributed by atoms with E-state index in [-0.39, 0.29) is 18.9 Å². The Labute approximate surface area is 130 Å². The third kappa shape index (κ3) is 4.99. The zero-order chi connectivity index (χ0) is 15.3. The molecule has 1 aromatic carbocycles. The molecule has 0 aromatic heterocycles. The molecular formula is C16H22ClNO3. The molecule has 5 heteroatoms. The summed E-state index contributed by atoms with van der Waals surface area (Å²) in [7, 11) is 0. The number of aliphatic hydroxyl groups excluding tert-OH is 1. The molecule has 0 heterocycles. The van der Waals surface area contributed by atoms with Crippen LogP contribution < -0.4 is 5.32 Å². The number of aliphatic hydroxyl groups is 2. The van der Waals surface area contributed by atoms with Crippen molar-refractivity contribution < 1.29 is 15.0 Å². The predicted molar refractivity (Wildman–Crippen MR) is 82.1 cm³/mol. The van der Waals surface area contributed by atoms with Crippen LogP contribution in [-0.2, 0) is 4.79 Å². The van der Waals surface area contributed by atoms with Gasteiger partial charge in [-0.25, -0.2) is 0 Å².